The average Bonchev–Trinajstić information content (AvgIpc) is 2.99. The van der Waals surface area contributed by atoms with Crippen LogP contribution in [-0.4, -0.2) is 14.6 Å². The maximum Gasteiger partial charge on any atom is 0.162 e. The van der Waals surface area contributed by atoms with E-state index in [1.54, 1.807) is 10.7 Å². The summed E-state index contributed by atoms with van der Waals surface area (Å²) < 4.78 is 1.80. The monoisotopic (exact) mass is 278 g/mol. The fraction of sp³-hybridized carbons (Fsp3) is 0.294. The van der Waals surface area contributed by atoms with E-state index in [-0.39, 0.29) is 11.5 Å². The molecule has 0 saturated carbocycles. The molecule has 0 bridgehead atoms. The minimum absolute atomic E-state index is 0.0854. The van der Waals surface area contributed by atoms with E-state index in [9.17, 15) is 0 Å². The maximum absolute atomic E-state index is 6.42. The summed E-state index contributed by atoms with van der Waals surface area (Å²) in [6.45, 7) is 4.46. The summed E-state index contributed by atoms with van der Waals surface area (Å²) in [7, 11) is 0. The Morgan fingerprint density at radius 3 is 3.05 bits per heavy atom. The standard InChI is InChI=1S/C17H18N4/c1-17(2)9-12-5-4-11(8-13(12)15(17)18)14-10-20-21-7-3-6-19-16(14)21/h3-8,10,15H,9,18H2,1-2H3. The Labute approximate surface area is 123 Å². The van der Waals surface area contributed by atoms with Gasteiger partial charge < -0.3 is 5.73 Å². The molecule has 2 heterocycles. The summed E-state index contributed by atoms with van der Waals surface area (Å²) >= 11 is 0. The molecule has 0 aliphatic heterocycles. The van der Waals surface area contributed by atoms with Gasteiger partial charge in [-0.25, -0.2) is 9.50 Å². The van der Waals surface area contributed by atoms with Crippen LogP contribution < -0.4 is 5.73 Å². The van der Waals surface area contributed by atoms with Gasteiger partial charge in [0.25, 0.3) is 0 Å². The van der Waals surface area contributed by atoms with E-state index in [0.29, 0.717) is 0 Å². The molecule has 2 aromatic heterocycles. The number of rotatable bonds is 1. The third-order valence-electron chi connectivity index (χ3n) is 4.56. The fourth-order valence-corrected chi connectivity index (χ4v) is 3.27. The van der Waals surface area contributed by atoms with Crippen LogP contribution in [0.25, 0.3) is 16.8 Å². The van der Waals surface area contributed by atoms with Crippen LogP contribution in [0.5, 0.6) is 0 Å². The molecule has 1 aromatic carbocycles. The molecular weight excluding hydrogens is 260 g/mol. The van der Waals surface area contributed by atoms with Crippen molar-refractivity contribution in [1.29, 1.82) is 0 Å². The molecule has 4 nitrogen and oxygen atoms in total. The first-order chi connectivity index (χ1) is 10.1. The van der Waals surface area contributed by atoms with Crippen LogP contribution in [-0.2, 0) is 6.42 Å². The van der Waals surface area contributed by atoms with Crippen LogP contribution in [0.1, 0.15) is 31.0 Å². The third kappa shape index (κ3) is 1.79. The number of nitrogens with zero attached hydrogens (tertiary/aromatic N) is 3. The van der Waals surface area contributed by atoms with E-state index < -0.39 is 0 Å². The van der Waals surface area contributed by atoms with Crippen molar-refractivity contribution in [3.63, 3.8) is 0 Å². The molecule has 1 aliphatic rings. The minimum Gasteiger partial charge on any atom is -0.323 e. The van der Waals surface area contributed by atoms with Gasteiger partial charge in [0.2, 0.25) is 0 Å². The van der Waals surface area contributed by atoms with Crippen molar-refractivity contribution in [3.8, 4) is 11.1 Å². The molecule has 0 saturated heterocycles. The van der Waals surface area contributed by atoms with Gasteiger partial charge in [-0.2, -0.15) is 5.10 Å². The first kappa shape index (κ1) is 12.5. The van der Waals surface area contributed by atoms with E-state index >= 15 is 0 Å². The molecule has 0 radical (unpaired) electrons. The minimum atomic E-state index is 0.0854. The van der Waals surface area contributed by atoms with Gasteiger partial charge in [0.1, 0.15) is 0 Å². The molecule has 1 atom stereocenters. The highest BCUT2D eigenvalue weighted by molar-refractivity contribution is 5.77. The van der Waals surface area contributed by atoms with Gasteiger partial charge in [-0.05, 0) is 40.7 Å². The van der Waals surface area contributed by atoms with Crippen molar-refractivity contribution in [1.82, 2.24) is 14.6 Å². The van der Waals surface area contributed by atoms with Crippen LogP contribution >= 0.6 is 0 Å². The largest absolute Gasteiger partial charge is 0.323 e. The van der Waals surface area contributed by atoms with E-state index in [1.165, 1.54) is 11.1 Å². The third-order valence-corrected chi connectivity index (χ3v) is 4.56. The lowest BCUT2D eigenvalue weighted by molar-refractivity contribution is 0.319. The molecule has 1 aliphatic carbocycles. The predicted molar refractivity (Wildman–Crippen MR) is 82.8 cm³/mol. The van der Waals surface area contributed by atoms with Crippen LogP contribution in [0, 0.1) is 5.41 Å². The van der Waals surface area contributed by atoms with E-state index in [0.717, 1.165) is 23.2 Å². The zero-order chi connectivity index (χ0) is 14.6. The van der Waals surface area contributed by atoms with Gasteiger partial charge in [-0.15, -0.1) is 0 Å². The first-order valence-corrected chi connectivity index (χ1v) is 7.23. The number of aromatic nitrogens is 3. The molecule has 3 aromatic rings. The van der Waals surface area contributed by atoms with Gasteiger partial charge in [0, 0.05) is 24.0 Å². The summed E-state index contributed by atoms with van der Waals surface area (Å²) in [6.07, 6.45) is 6.61. The molecule has 2 N–H and O–H groups in total. The van der Waals surface area contributed by atoms with Crippen LogP contribution in [0.2, 0.25) is 0 Å². The SMILES string of the molecule is CC1(C)Cc2ccc(-c3cnn4cccnc34)cc2C1N. The van der Waals surface area contributed by atoms with Crippen LogP contribution in [0.4, 0.5) is 0 Å². The molecular formula is C17H18N4. The highest BCUT2D eigenvalue weighted by Crippen LogP contribution is 2.44. The smallest absolute Gasteiger partial charge is 0.162 e. The Balaban J connectivity index is 1.87. The summed E-state index contributed by atoms with van der Waals surface area (Å²) in [5.74, 6) is 0. The average molecular weight is 278 g/mol. The van der Waals surface area contributed by atoms with Gasteiger partial charge in [-0.1, -0.05) is 26.0 Å². The molecule has 0 spiro atoms. The van der Waals surface area contributed by atoms with E-state index in [1.807, 2.05) is 18.5 Å². The lowest BCUT2D eigenvalue weighted by atomic mass is 9.86. The molecule has 0 fully saturated rings. The Morgan fingerprint density at radius 2 is 2.19 bits per heavy atom. The zero-order valence-electron chi connectivity index (χ0n) is 12.2. The second-order valence-electron chi connectivity index (χ2n) is 6.50. The highest BCUT2D eigenvalue weighted by Gasteiger charge is 2.36. The predicted octanol–water partition coefficient (Wildman–Crippen LogP) is 2.98. The zero-order valence-corrected chi connectivity index (χ0v) is 12.2. The summed E-state index contributed by atoms with van der Waals surface area (Å²) in [5.41, 5.74) is 12.2. The summed E-state index contributed by atoms with van der Waals surface area (Å²) in [4.78, 5) is 4.43. The van der Waals surface area contributed by atoms with Crippen molar-refractivity contribution in [2.45, 2.75) is 26.3 Å². The topological polar surface area (TPSA) is 56.2 Å². The molecule has 106 valence electrons. The molecule has 21 heavy (non-hydrogen) atoms. The lowest BCUT2D eigenvalue weighted by Gasteiger charge is -2.23. The molecule has 0 amide bonds. The van der Waals surface area contributed by atoms with Gasteiger partial charge >= 0.3 is 0 Å². The Bertz CT molecular complexity index is 832. The van der Waals surface area contributed by atoms with Crippen molar-refractivity contribution in [2.24, 2.45) is 11.1 Å². The van der Waals surface area contributed by atoms with Crippen LogP contribution in [0.3, 0.4) is 0 Å². The summed E-state index contributed by atoms with van der Waals surface area (Å²) in [6, 6.07) is 8.53. The Hall–Kier alpha value is -2.20. The van der Waals surface area contributed by atoms with Crippen molar-refractivity contribution >= 4 is 5.65 Å². The number of hydrogen-bond donors (Lipinski definition) is 1. The van der Waals surface area contributed by atoms with Gasteiger partial charge in [-0.3, -0.25) is 0 Å². The molecule has 4 rings (SSSR count). The summed E-state index contributed by atoms with van der Waals surface area (Å²) in [5, 5.41) is 4.36. The highest BCUT2D eigenvalue weighted by atomic mass is 15.2. The van der Waals surface area contributed by atoms with Gasteiger partial charge in [0.05, 0.1) is 6.20 Å². The second kappa shape index (κ2) is 4.15. The first-order valence-electron chi connectivity index (χ1n) is 7.23. The number of benzene rings is 1. The van der Waals surface area contributed by atoms with Crippen molar-refractivity contribution in [2.75, 3.05) is 0 Å². The molecule has 1 unspecified atom stereocenters. The maximum atomic E-state index is 6.42. The van der Waals surface area contributed by atoms with Gasteiger partial charge in [0.15, 0.2) is 5.65 Å². The van der Waals surface area contributed by atoms with Crippen LogP contribution in [0.15, 0.2) is 42.9 Å². The fourth-order valence-electron chi connectivity index (χ4n) is 3.27. The van der Waals surface area contributed by atoms with Crippen molar-refractivity contribution < 1.29 is 0 Å². The van der Waals surface area contributed by atoms with E-state index in [2.05, 4.69) is 42.1 Å². The number of nitrogens with two attached hydrogens (primary N) is 1. The Morgan fingerprint density at radius 1 is 1.33 bits per heavy atom. The number of fused-ring (bicyclic) bond motifs is 2. The second-order valence-corrected chi connectivity index (χ2v) is 6.50. The number of hydrogen-bond acceptors (Lipinski definition) is 3. The lowest BCUT2D eigenvalue weighted by Crippen LogP contribution is -2.24. The van der Waals surface area contributed by atoms with E-state index in [4.69, 9.17) is 5.73 Å². The van der Waals surface area contributed by atoms with Crippen molar-refractivity contribution in [3.05, 3.63) is 54.0 Å². The normalized spacial score (nSPS) is 19.9. The Kier molecular flexibility index (Phi) is 2.48. The quantitative estimate of drug-likeness (QED) is 0.744. The molecule has 4 heteroatoms.